The highest BCUT2D eigenvalue weighted by Crippen LogP contribution is 2.38. The molecule has 3 rings (SSSR count). The molecule has 2 aliphatic rings. The Hall–Kier alpha value is -1.53. The van der Waals surface area contributed by atoms with Gasteiger partial charge in [-0.05, 0) is 36.1 Å². The minimum absolute atomic E-state index is 0.0118. The van der Waals surface area contributed by atoms with Crippen LogP contribution in [0.3, 0.4) is 0 Å². The third kappa shape index (κ3) is 3.92. The number of carboxylic acid groups (broad SMARTS) is 1. The van der Waals surface area contributed by atoms with E-state index in [4.69, 9.17) is 9.84 Å². The molecule has 6 heteroatoms. The average molecular weight is 349 g/mol. The van der Waals surface area contributed by atoms with Gasteiger partial charge in [0.15, 0.2) is 0 Å². The predicted octanol–water partition coefficient (Wildman–Crippen LogP) is 2.50. The molecule has 1 atom stereocenters. The second-order valence-corrected chi connectivity index (χ2v) is 7.43. The van der Waals surface area contributed by atoms with Gasteiger partial charge >= 0.3 is 5.97 Å². The number of nitrogens with zero attached hydrogens (tertiary/aromatic N) is 1. The van der Waals surface area contributed by atoms with Crippen molar-refractivity contribution in [3.05, 3.63) is 35.4 Å². The molecule has 1 aromatic carbocycles. The Morgan fingerprint density at radius 2 is 2.00 bits per heavy atom. The maximum absolute atomic E-state index is 13.2. The molecule has 1 saturated heterocycles. The summed E-state index contributed by atoms with van der Waals surface area (Å²) < 4.78 is 5.40. The van der Waals surface area contributed by atoms with Gasteiger partial charge in [0.1, 0.15) is 5.25 Å². The van der Waals surface area contributed by atoms with Crippen molar-refractivity contribution in [2.45, 2.75) is 37.0 Å². The lowest BCUT2D eigenvalue weighted by molar-refractivity contribution is -0.140. The van der Waals surface area contributed by atoms with Crippen LogP contribution in [0.1, 0.15) is 35.6 Å². The summed E-state index contributed by atoms with van der Waals surface area (Å²) in [5, 5.41) is 8.83. The maximum atomic E-state index is 13.2. The fourth-order valence-electron chi connectivity index (χ4n) is 3.43. The number of aliphatic carboxylic acids is 1. The van der Waals surface area contributed by atoms with Gasteiger partial charge in [0.25, 0.3) is 0 Å². The summed E-state index contributed by atoms with van der Waals surface area (Å²) in [6.45, 7) is 1.55. The Morgan fingerprint density at radius 3 is 2.75 bits per heavy atom. The van der Waals surface area contributed by atoms with Gasteiger partial charge in [-0.1, -0.05) is 24.3 Å². The van der Waals surface area contributed by atoms with Gasteiger partial charge in [0.05, 0.1) is 6.42 Å². The predicted molar refractivity (Wildman–Crippen MR) is 93.2 cm³/mol. The van der Waals surface area contributed by atoms with Crippen LogP contribution < -0.4 is 0 Å². The Balaban J connectivity index is 1.81. The summed E-state index contributed by atoms with van der Waals surface area (Å²) in [5.41, 5.74) is 2.32. The van der Waals surface area contributed by atoms with Crippen LogP contribution in [0.25, 0.3) is 0 Å². The van der Waals surface area contributed by atoms with E-state index >= 15 is 0 Å². The van der Waals surface area contributed by atoms with Crippen molar-refractivity contribution in [2.75, 3.05) is 25.5 Å². The molecule has 0 spiro atoms. The zero-order chi connectivity index (χ0) is 16.9. The highest BCUT2D eigenvalue weighted by atomic mass is 32.2. The number of rotatable bonds is 5. The van der Waals surface area contributed by atoms with Crippen LogP contribution in [0.2, 0.25) is 0 Å². The van der Waals surface area contributed by atoms with E-state index < -0.39 is 5.97 Å². The molecule has 1 fully saturated rings. The first-order valence-electron chi connectivity index (χ1n) is 8.46. The first-order valence-corrected chi connectivity index (χ1v) is 9.51. The van der Waals surface area contributed by atoms with Crippen LogP contribution in [0.4, 0.5) is 0 Å². The molecular formula is C18H23NO4S. The quantitative estimate of drug-likeness (QED) is 0.885. The van der Waals surface area contributed by atoms with E-state index in [1.807, 2.05) is 18.2 Å². The van der Waals surface area contributed by atoms with Crippen LogP contribution >= 0.6 is 11.8 Å². The van der Waals surface area contributed by atoms with Gasteiger partial charge in [-0.15, -0.1) is 11.8 Å². The molecule has 2 aliphatic heterocycles. The molecule has 0 aliphatic carbocycles. The zero-order valence-corrected chi connectivity index (χ0v) is 14.5. The van der Waals surface area contributed by atoms with E-state index in [2.05, 4.69) is 6.07 Å². The van der Waals surface area contributed by atoms with Gasteiger partial charge in [0.2, 0.25) is 5.91 Å². The number of hydrogen-bond acceptors (Lipinski definition) is 4. The smallest absolute Gasteiger partial charge is 0.305 e. The van der Waals surface area contributed by atoms with E-state index in [0.29, 0.717) is 13.2 Å². The van der Waals surface area contributed by atoms with Crippen LogP contribution in [0.5, 0.6) is 0 Å². The number of hydrogen-bond donors (Lipinski definition) is 1. The Kier molecular flexibility index (Phi) is 5.79. The van der Waals surface area contributed by atoms with Crippen molar-refractivity contribution in [2.24, 2.45) is 0 Å². The SMILES string of the molecule is O=C(O)CCN(C(=O)C1SCCc2ccccc21)C1CCOCC1. The molecule has 0 radical (unpaired) electrons. The topological polar surface area (TPSA) is 66.8 Å². The van der Waals surface area contributed by atoms with E-state index in [1.54, 1.807) is 16.7 Å². The first kappa shape index (κ1) is 17.3. The number of carbonyl (C=O) groups excluding carboxylic acids is 1. The number of amides is 1. The summed E-state index contributed by atoms with van der Waals surface area (Å²) in [4.78, 5) is 26.1. The minimum atomic E-state index is -0.864. The lowest BCUT2D eigenvalue weighted by Gasteiger charge is -2.37. The second-order valence-electron chi connectivity index (χ2n) is 6.22. The van der Waals surface area contributed by atoms with Gasteiger partial charge in [-0.25, -0.2) is 0 Å². The Morgan fingerprint density at radius 1 is 1.25 bits per heavy atom. The van der Waals surface area contributed by atoms with Crippen LogP contribution in [-0.2, 0) is 20.7 Å². The third-order valence-corrected chi connectivity index (χ3v) is 5.93. The molecule has 1 aromatic rings. The summed E-state index contributed by atoms with van der Waals surface area (Å²) in [6, 6.07) is 8.19. The van der Waals surface area contributed by atoms with E-state index in [-0.39, 0.29) is 30.2 Å². The summed E-state index contributed by atoms with van der Waals surface area (Å²) >= 11 is 1.67. The van der Waals surface area contributed by atoms with E-state index in [1.165, 1.54) is 5.56 Å². The average Bonchev–Trinajstić information content (AvgIpc) is 2.62. The summed E-state index contributed by atoms with van der Waals surface area (Å²) in [5.74, 6) is 0.116. The molecule has 0 bridgehead atoms. The van der Waals surface area contributed by atoms with Crippen molar-refractivity contribution < 1.29 is 19.4 Å². The molecule has 130 valence electrons. The fraction of sp³-hybridized carbons (Fsp3) is 0.556. The van der Waals surface area contributed by atoms with Gasteiger partial charge in [-0.3, -0.25) is 9.59 Å². The lowest BCUT2D eigenvalue weighted by Crippen LogP contribution is -2.46. The van der Waals surface area contributed by atoms with Crippen molar-refractivity contribution in [3.8, 4) is 0 Å². The molecule has 5 nitrogen and oxygen atoms in total. The zero-order valence-electron chi connectivity index (χ0n) is 13.6. The van der Waals surface area contributed by atoms with Crippen molar-refractivity contribution in [1.29, 1.82) is 0 Å². The second kappa shape index (κ2) is 8.03. The molecule has 1 amide bonds. The fourth-order valence-corrected chi connectivity index (χ4v) is 4.70. The number of benzene rings is 1. The van der Waals surface area contributed by atoms with E-state index in [0.717, 1.165) is 30.6 Å². The van der Waals surface area contributed by atoms with Gasteiger partial charge < -0.3 is 14.7 Å². The van der Waals surface area contributed by atoms with Crippen LogP contribution in [0.15, 0.2) is 24.3 Å². The summed E-state index contributed by atoms with van der Waals surface area (Å²) in [7, 11) is 0. The van der Waals surface area contributed by atoms with Crippen LogP contribution in [-0.4, -0.2) is 53.4 Å². The Bertz CT molecular complexity index is 600. The van der Waals surface area contributed by atoms with Crippen LogP contribution in [0, 0.1) is 0 Å². The number of thioether (sulfide) groups is 1. The highest BCUT2D eigenvalue weighted by Gasteiger charge is 2.34. The number of carbonyl (C=O) groups is 2. The van der Waals surface area contributed by atoms with Gasteiger partial charge in [-0.2, -0.15) is 0 Å². The Labute approximate surface area is 146 Å². The molecule has 0 saturated carbocycles. The molecule has 2 heterocycles. The number of fused-ring (bicyclic) bond motifs is 1. The van der Waals surface area contributed by atoms with Gasteiger partial charge in [0, 0.05) is 25.8 Å². The molecule has 0 aromatic heterocycles. The van der Waals surface area contributed by atoms with Crippen molar-refractivity contribution in [3.63, 3.8) is 0 Å². The normalized spacial score (nSPS) is 21.1. The molecular weight excluding hydrogens is 326 g/mol. The molecule has 24 heavy (non-hydrogen) atoms. The third-order valence-electron chi connectivity index (χ3n) is 4.70. The molecule has 1 unspecified atom stereocenters. The first-order chi connectivity index (χ1) is 11.7. The number of aryl methyl sites for hydroxylation is 1. The maximum Gasteiger partial charge on any atom is 0.305 e. The largest absolute Gasteiger partial charge is 0.481 e. The van der Waals surface area contributed by atoms with E-state index in [9.17, 15) is 9.59 Å². The van der Waals surface area contributed by atoms with Crippen molar-refractivity contribution in [1.82, 2.24) is 4.90 Å². The minimum Gasteiger partial charge on any atom is -0.481 e. The molecule has 1 N–H and O–H groups in total. The summed E-state index contributed by atoms with van der Waals surface area (Å²) in [6.07, 6.45) is 2.54. The number of ether oxygens (including phenoxy) is 1. The lowest BCUT2D eigenvalue weighted by atomic mass is 9.99. The standard InChI is InChI=1S/C18H23NO4S/c20-16(21)5-9-19(14-6-10-23-11-7-14)18(22)17-15-4-2-1-3-13(15)8-12-24-17/h1-4,14,17H,5-12H2,(H,20,21). The number of carboxylic acids is 1. The monoisotopic (exact) mass is 349 g/mol. The highest BCUT2D eigenvalue weighted by molar-refractivity contribution is 8.00. The van der Waals surface area contributed by atoms with Crippen molar-refractivity contribution >= 4 is 23.6 Å².